The van der Waals surface area contributed by atoms with Crippen molar-refractivity contribution in [1.29, 1.82) is 0 Å². The van der Waals surface area contributed by atoms with Gasteiger partial charge in [0.2, 0.25) is 0 Å². The first-order chi connectivity index (χ1) is 8.95. The Balaban J connectivity index is 2.12. The SMILES string of the molecule is O=CC1(Oc2ccc(C(F)(F)F)cc2)CCCNC1. The summed E-state index contributed by atoms with van der Waals surface area (Å²) in [6.45, 7) is 1.18. The molecular weight excluding hydrogens is 259 g/mol. The second kappa shape index (κ2) is 5.21. The maximum absolute atomic E-state index is 12.4. The molecule has 1 unspecified atom stereocenters. The van der Waals surface area contributed by atoms with Gasteiger partial charge in [-0.3, -0.25) is 4.79 Å². The Morgan fingerprint density at radius 2 is 1.95 bits per heavy atom. The van der Waals surface area contributed by atoms with Gasteiger partial charge in [-0.25, -0.2) is 0 Å². The monoisotopic (exact) mass is 273 g/mol. The van der Waals surface area contributed by atoms with Crippen LogP contribution in [0, 0.1) is 0 Å². The minimum absolute atomic E-state index is 0.267. The maximum Gasteiger partial charge on any atom is 0.416 e. The molecule has 1 atom stereocenters. The lowest BCUT2D eigenvalue weighted by atomic mass is 9.95. The molecule has 1 saturated heterocycles. The molecule has 0 spiro atoms. The minimum Gasteiger partial charge on any atom is -0.478 e. The van der Waals surface area contributed by atoms with Crippen LogP contribution in [-0.2, 0) is 11.0 Å². The second-order valence-corrected chi connectivity index (χ2v) is 4.59. The van der Waals surface area contributed by atoms with Gasteiger partial charge in [0.15, 0.2) is 11.9 Å². The third-order valence-electron chi connectivity index (χ3n) is 3.10. The van der Waals surface area contributed by atoms with Crippen LogP contribution in [0.5, 0.6) is 5.75 Å². The normalized spacial score (nSPS) is 23.9. The number of halogens is 3. The van der Waals surface area contributed by atoms with Crippen molar-refractivity contribution in [3.05, 3.63) is 29.8 Å². The number of hydrogen-bond acceptors (Lipinski definition) is 3. The molecule has 0 saturated carbocycles. The molecule has 0 amide bonds. The van der Waals surface area contributed by atoms with Crippen LogP contribution in [0.15, 0.2) is 24.3 Å². The standard InChI is InChI=1S/C13H14F3NO2/c14-13(15,16)10-2-4-11(5-3-10)19-12(9-18)6-1-7-17-8-12/h2-5,9,17H,1,6-8H2. The Morgan fingerprint density at radius 3 is 2.42 bits per heavy atom. The van der Waals surface area contributed by atoms with E-state index in [4.69, 9.17) is 4.74 Å². The van der Waals surface area contributed by atoms with Crippen molar-refractivity contribution >= 4 is 6.29 Å². The highest BCUT2D eigenvalue weighted by Gasteiger charge is 2.34. The lowest BCUT2D eigenvalue weighted by Gasteiger charge is -2.33. The number of rotatable bonds is 3. The molecular formula is C13H14F3NO2. The topological polar surface area (TPSA) is 38.3 Å². The van der Waals surface area contributed by atoms with E-state index in [1.165, 1.54) is 12.1 Å². The van der Waals surface area contributed by atoms with E-state index >= 15 is 0 Å². The number of benzene rings is 1. The average Bonchev–Trinajstić information content (AvgIpc) is 2.39. The molecule has 1 aromatic rings. The van der Waals surface area contributed by atoms with Crippen LogP contribution in [0.3, 0.4) is 0 Å². The van der Waals surface area contributed by atoms with Crippen LogP contribution in [0.4, 0.5) is 13.2 Å². The molecule has 6 heteroatoms. The van der Waals surface area contributed by atoms with Crippen molar-refractivity contribution in [2.45, 2.75) is 24.6 Å². The van der Waals surface area contributed by atoms with E-state index in [1.54, 1.807) is 0 Å². The first kappa shape index (κ1) is 13.9. The number of nitrogens with one attached hydrogen (secondary N) is 1. The Bertz CT molecular complexity index is 436. The predicted octanol–water partition coefficient (Wildman–Crippen LogP) is 2.41. The lowest BCUT2D eigenvalue weighted by Crippen LogP contribution is -2.51. The molecule has 3 nitrogen and oxygen atoms in total. The second-order valence-electron chi connectivity index (χ2n) is 4.59. The van der Waals surface area contributed by atoms with Crippen LogP contribution in [0.1, 0.15) is 18.4 Å². The number of carbonyl (C=O) groups is 1. The molecule has 1 fully saturated rings. The highest BCUT2D eigenvalue weighted by Crippen LogP contribution is 2.31. The van der Waals surface area contributed by atoms with Gasteiger partial charge in [-0.1, -0.05) is 0 Å². The van der Waals surface area contributed by atoms with Crippen molar-refractivity contribution in [1.82, 2.24) is 5.32 Å². The number of carbonyl (C=O) groups excluding carboxylic acids is 1. The number of piperidine rings is 1. The summed E-state index contributed by atoms with van der Waals surface area (Å²) in [4.78, 5) is 11.2. The van der Waals surface area contributed by atoms with Crippen LogP contribution < -0.4 is 10.1 Å². The van der Waals surface area contributed by atoms with Gasteiger partial charge in [-0.05, 0) is 43.7 Å². The van der Waals surface area contributed by atoms with Gasteiger partial charge >= 0.3 is 6.18 Å². The first-order valence-corrected chi connectivity index (χ1v) is 5.99. The minimum atomic E-state index is -4.37. The van der Waals surface area contributed by atoms with E-state index in [0.29, 0.717) is 13.0 Å². The van der Waals surface area contributed by atoms with Gasteiger partial charge in [0, 0.05) is 6.54 Å². The van der Waals surface area contributed by atoms with Crippen LogP contribution >= 0.6 is 0 Å². The Kier molecular flexibility index (Phi) is 3.80. The molecule has 1 aliphatic rings. The van der Waals surface area contributed by atoms with Crippen molar-refractivity contribution in [2.24, 2.45) is 0 Å². The summed E-state index contributed by atoms with van der Waals surface area (Å²) in [5.74, 6) is 0.267. The summed E-state index contributed by atoms with van der Waals surface area (Å²) in [6, 6.07) is 4.37. The van der Waals surface area contributed by atoms with E-state index in [0.717, 1.165) is 31.4 Å². The number of alkyl halides is 3. The summed E-state index contributed by atoms with van der Waals surface area (Å²) in [7, 11) is 0. The molecule has 19 heavy (non-hydrogen) atoms. The van der Waals surface area contributed by atoms with Crippen molar-refractivity contribution in [3.8, 4) is 5.75 Å². The highest BCUT2D eigenvalue weighted by atomic mass is 19.4. The Morgan fingerprint density at radius 1 is 1.26 bits per heavy atom. The number of aldehydes is 1. The molecule has 1 aliphatic heterocycles. The van der Waals surface area contributed by atoms with E-state index < -0.39 is 17.3 Å². The van der Waals surface area contributed by atoms with Gasteiger partial charge in [0.1, 0.15) is 5.75 Å². The third kappa shape index (κ3) is 3.26. The molecule has 0 radical (unpaired) electrons. The zero-order valence-corrected chi connectivity index (χ0v) is 10.2. The van der Waals surface area contributed by atoms with E-state index in [-0.39, 0.29) is 5.75 Å². The van der Waals surface area contributed by atoms with Gasteiger partial charge in [-0.2, -0.15) is 13.2 Å². The molecule has 2 rings (SSSR count). The molecule has 0 aromatic heterocycles. The molecule has 1 N–H and O–H groups in total. The van der Waals surface area contributed by atoms with Crippen LogP contribution in [0.25, 0.3) is 0 Å². The van der Waals surface area contributed by atoms with Crippen LogP contribution in [0.2, 0.25) is 0 Å². The number of hydrogen-bond donors (Lipinski definition) is 1. The highest BCUT2D eigenvalue weighted by molar-refractivity contribution is 5.64. The fraction of sp³-hybridized carbons (Fsp3) is 0.462. The average molecular weight is 273 g/mol. The van der Waals surface area contributed by atoms with E-state index in [9.17, 15) is 18.0 Å². The fourth-order valence-corrected chi connectivity index (χ4v) is 2.06. The van der Waals surface area contributed by atoms with Crippen LogP contribution in [-0.4, -0.2) is 25.0 Å². The predicted molar refractivity (Wildman–Crippen MR) is 63.0 cm³/mol. The van der Waals surface area contributed by atoms with Crippen molar-refractivity contribution in [3.63, 3.8) is 0 Å². The summed E-state index contributed by atoms with van der Waals surface area (Å²) in [5.41, 5.74) is -1.71. The van der Waals surface area contributed by atoms with E-state index in [2.05, 4.69) is 5.32 Å². The summed E-state index contributed by atoms with van der Waals surface area (Å²) >= 11 is 0. The molecule has 1 aromatic carbocycles. The largest absolute Gasteiger partial charge is 0.478 e. The quantitative estimate of drug-likeness (QED) is 0.859. The summed E-state index contributed by atoms with van der Waals surface area (Å²) < 4.78 is 42.8. The Hall–Kier alpha value is -1.56. The lowest BCUT2D eigenvalue weighted by molar-refractivity contribution is -0.137. The summed E-state index contributed by atoms with van der Waals surface area (Å²) in [6.07, 6.45) is -2.30. The molecule has 0 aliphatic carbocycles. The zero-order chi connectivity index (χ0) is 13.9. The van der Waals surface area contributed by atoms with Gasteiger partial charge in [-0.15, -0.1) is 0 Å². The zero-order valence-electron chi connectivity index (χ0n) is 10.2. The van der Waals surface area contributed by atoms with Gasteiger partial charge in [0.25, 0.3) is 0 Å². The molecule has 0 bridgehead atoms. The van der Waals surface area contributed by atoms with Crippen molar-refractivity contribution in [2.75, 3.05) is 13.1 Å². The Labute approximate surface area is 108 Å². The smallest absolute Gasteiger partial charge is 0.416 e. The fourth-order valence-electron chi connectivity index (χ4n) is 2.06. The van der Waals surface area contributed by atoms with Gasteiger partial charge in [0.05, 0.1) is 5.56 Å². The summed E-state index contributed by atoms with van der Waals surface area (Å²) in [5, 5.41) is 3.05. The third-order valence-corrected chi connectivity index (χ3v) is 3.10. The van der Waals surface area contributed by atoms with Gasteiger partial charge < -0.3 is 10.1 Å². The molecule has 1 heterocycles. The first-order valence-electron chi connectivity index (χ1n) is 5.99. The van der Waals surface area contributed by atoms with Crippen molar-refractivity contribution < 1.29 is 22.7 Å². The molecule has 104 valence electrons. The van der Waals surface area contributed by atoms with E-state index in [1.807, 2.05) is 0 Å². The number of ether oxygens (including phenoxy) is 1. The maximum atomic E-state index is 12.4.